The van der Waals surface area contributed by atoms with Crippen LogP contribution in [0, 0.1) is 0 Å². The van der Waals surface area contributed by atoms with Gasteiger partial charge < -0.3 is 14.7 Å². The zero-order chi connectivity index (χ0) is 16.9. The van der Waals surface area contributed by atoms with E-state index in [1.54, 1.807) is 0 Å². The molecule has 4 heteroatoms. The van der Waals surface area contributed by atoms with Gasteiger partial charge in [0.05, 0.1) is 18.3 Å². The lowest BCUT2D eigenvalue weighted by atomic mass is 10.0. The Morgan fingerprint density at radius 2 is 2.00 bits per heavy atom. The number of likely N-dealkylation sites (N-methyl/N-ethyl adjacent to an activating group) is 1. The number of para-hydroxylation sites is 1. The fourth-order valence-corrected chi connectivity index (χ4v) is 3.07. The number of anilines is 1. The molecule has 2 unspecified atom stereocenters. The van der Waals surface area contributed by atoms with Crippen LogP contribution in [0.15, 0.2) is 30.3 Å². The van der Waals surface area contributed by atoms with Crippen molar-refractivity contribution in [2.24, 2.45) is 0 Å². The minimum atomic E-state index is -0.439. The molecule has 1 aliphatic rings. The zero-order valence-corrected chi connectivity index (χ0v) is 15.0. The molecule has 1 aliphatic heterocycles. The topological polar surface area (TPSA) is 35.9 Å². The second kappa shape index (κ2) is 8.13. The monoisotopic (exact) mass is 320 g/mol. The third-order valence-electron chi connectivity index (χ3n) is 4.35. The largest absolute Gasteiger partial charge is 0.389 e. The van der Waals surface area contributed by atoms with Crippen LogP contribution in [0.4, 0.5) is 5.69 Å². The molecule has 0 spiro atoms. The summed E-state index contributed by atoms with van der Waals surface area (Å²) in [7, 11) is 2.11. The van der Waals surface area contributed by atoms with Crippen molar-refractivity contribution in [1.82, 2.24) is 4.90 Å². The lowest BCUT2D eigenvalue weighted by Crippen LogP contribution is -2.49. The van der Waals surface area contributed by atoms with Gasteiger partial charge in [0.1, 0.15) is 0 Å². The molecule has 0 amide bonds. The Bertz CT molecular complexity index is 458. The predicted molar refractivity (Wildman–Crippen MR) is 96.0 cm³/mol. The Hall–Kier alpha value is -1.10. The maximum Gasteiger partial charge on any atom is 0.0900 e. The van der Waals surface area contributed by atoms with Crippen LogP contribution in [-0.2, 0) is 4.74 Å². The van der Waals surface area contributed by atoms with Crippen molar-refractivity contribution < 1.29 is 9.84 Å². The Morgan fingerprint density at radius 1 is 1.30 bits per heavy atom. The first-order chi connectivity index (χ1) is 10.8. The molecular formula is C19H32N2O2. The molecule has 130 valence electrons. The molecule has 0 bridgehead atoms. The molecule has 1 N–H and O–H groups in total. The summed E-state index contributed by atoms with van der Waals surface area (Å²) in [4.78, 5) is 4.73. The summed E-state index contributed by atoms with van der Waals surface area (Å²) in [5.74, 6) is 0. The summed E-state index contributed by atoms with van der Waals surface area (Å²) in [6.07, 6.45) is 1.94. The first-order valence-corrected chi connectivity index (χ1v) is 8.67. The summed E-state index contributed by atoms with van der Waals surface area (Å²) in [5.41, 5.74) is 1.09. The molecule has 23 heavy (non-hydrogen) atoms. The van der Waals surface area contributed by atoms with Gasteiger partial charge in [-0.3, -0.25) is 4.90 Å². The van der Waals surface area contributed by atoms with E-state index in [0.717, 1.165) is 13.1 Å². The number of benzene rings is 1. The van der Waals surface area contributed by atoms with E-state index in [2.05, 4.69) is 47.2 Å². The first kappa shape index (κ1) is 18.2. The van der Waals surface area contributed by atoms with E-state index in [0.29, 0.717) is 19.2 Å². The second-order valence-corrected chi connectivity index (χ2v) is 7.59. The van der Waals surface area contributed by atoms with Gasteiger partial charge in [0.25, 0.3) is 0 Å². The van der Waals surface area contributed by atoms with Gasteiger partial charge >= 0.3 is 0 Å². The van der Waals surface area contributed by atoms with E-state index in [1.807, 2.05) is 20.8 Å². The van der Waals surface area contributed by atoms with Crippen molar-refractivity contribution in [3.63, 3.8) is 0 Å². The minimum absolute atomic E-state index is 0.200. The molecule has 0 saturated carbocycles. The fraction of sp³-hybridized carbons (Fsp3) is 0.684. The molecular weight excluding hydrogens is 288 g/mol. The molecule has 4 nitrogen and oxygen atoms in total. The third-order valence-corrected chi connectivity index (χ3v) is 4.35. The molecule has 1 heterocycles. The second-order valence-electron chi connectivity index (χ2n) is 7.59. The van der Waals surface area contributed by atoms with E-state index in [1.165, 1.54) is 18.5 Å². The lowest BCUT2D eigenvalue weighted by Gasteiger charge is -2.39. The predicted octanol–water partition coefficient (Wildman–Crippen LogP) is 2.76. The number of hydrogen-bond acceptors (Lipinski definition) is 4. The van der Waals surface area contributed by atoms with Crippen molar-refractivity contribution in [3.05, 3.63) is 30.3 Å². The molecule has 2 rings (SSSR count). The van der Waals surface area contributed by atoms with Crippen molar-refractivity contribution in [2.45, 2.75) is 51.4 Å². The molecule has 1 saturated heterocycles. The van der Waals surface area contributed by atoms with E-state index < -0.39 is 6.10 Å². The highest BCUT2D eigenvalue weighted by Crippen LogP contribution is 2.22. The molecule has 1 fully saturated rings. The molecule has 1 aromatic carbocycles. The van der Waals surface area contributed by atoms with E-state index in [-0.39, 0.29) is 5.60 Å². The SMILES string of the molecule is CN(CC(O)COC(C)(C)C)C1CCCN(c2ccccc2)C1. The van der Waals surface area contributed by atoms with E-state index in [4.69, 9.17) is 4.74 Å². The smallest absolute Gasteiger partial charge is 0.0900 e. The van der Waals surface area contributed by atoms with Gasteiger partial charge in [-0.1, -0.05) is 18.2 Å². The van der Waals surface area contributed by atoms with Crippen LogP contribution in [0.3, 0.4) is 0 Å². The van der Waals surface area contributed by atoms with Gasteiger partial charge in [-0.05, 0) is 52.8 Å². The summed E-state index contributed by atoms with van der Waals surface area (Å²) >= 11 is 0. The van der Waals surface area contributed by atoms with E-state index >= 15 is 0 Å². The van der Waals surface area contributed by atoms with Gasteiger partial charge in [-0.2, -0.15) is 0 Å². The highest BCUT2D eigenvalue weighted by molar-refractivity contribution is 5.46. The van der Waals surface area contributed by atoms with Crippen molar-refractivity contribution in [1.29, 1.82) is 0 Å². The normalized spacial score (nSPS) is 20.8. The fourth-order valence-electron chi connectivity index (χ4n) is 3.07. The van der Waals surface area contributed by atoms with Crippen molar-refractivity contribution in [3.8, 4) is 0 Å². The van der Waals surface area contributed by atoms with Gasteiger partial charge in [-0.15, -0.1) is 0 Å². The molecule has 0 aliphatic carbocycles. The first-order valence-electron chi connectivity index (χ1n) is 8.67. The highest BCUT2D eigenvalue weighted by atomic mass is 16.5. The molecule has 0 aromatic heterocycles. The van der Waals surface area contributed by atoms with Crippen molar-refractivity contribution >= 4 is 5.69 Å². The standard InChI is InChI=1S/C19H32N2O2/c1-19(2,3)23-15-18(22)14-20(4)17-11-8-12-21(13-17)16-9-6-5-7-10-16/h5-7,9-10,17-18,22H,8,11-15H2,1-4H3. The lowest BCUT2D eigenvalue weighted by molar-refractivity contribution is -0.0571. The Balaban J connectivity index is 1.83. The Kier molecular flexibility index (Phi) is 6.45. The van der Waals surface area contributed by atoms with Gasteiger partial charge in [0, 0.05) is 31.4 Å². The highest BCUT2D eigenvalue weighted by Gasteiger charge is 2.25. The van der Waals surface area contributed by atoms with Gasteiger partial charge in [-0.25, -0.2) is 0 Å². The number of aliphatic hydroxyl groups is 1. The van der Waals surface area contributed by atoms with Crippen LogP contribution in [0.2, 0.25) is 0 Å². The van der Waals surface area contributed by atoms with Crippen LogP contribution < -0.4 is 4.90 Å². The van der Waals surface area contributed by atoms with Crippen LogP contribution in [0.5, 0.6) is 0 Å². The number of ether oxygens (including phenoxy) is 1. The number of rotatable bonds is 6. The Labute approximate surface area is 141 Å². The number of hydrogen-bond donors (Lipinski definition) is 1. The van der Waals surface area contributed by atoms with Crippen LogP contribution >= 0.6 is 0 Å². The van der Waals surface area contributed by atoms with E-state index in [9.17, 15) is 5.11 Å². The van der Waals surface area contributed by atoms with Gasteiger partial charge in [0.15, 0.2) is 0 Å². The van der Waals surface area contributed by atoms with Crippen LogP contribution in [0.25, 0.3) is 0 Å². The number of piperidine rings is 1. The quantitative estimate of drug-likeness (QED) is 0.874. The number of aliphatic hydroxyl groups excluding tert-OH is 1. The Morgan fingerprint density at radius 3 is 2.65 bits per heavy atom. The third kappa shape index (κ3) is 6.13. The minimum Gasteiger partial charge on any atom is -0.389 e. The molecule has 2 atom stereocenters. The van der Waals surface area contributed by atoms with Gasteiger partial charge in [0.2, 0.25) is 0 Å². The molecule has 0 radical (unpaired) electrons. The van der Waals surface area contributed by atoms with Crippen LogP contribution in [-0.4, -0.2) is 61.0 Å². The summed E-state index contributed by atoms with van der Waals surface area (Å²) < 4.78 is 5.68. The van der Waals surface area contributed by atoms with Crippen molar-refractivity contribution in [2.75, 3.05) is 38.2 Å². The van der Waals surface area contributed by atoms with Crippen LogP contribution in [0.1, 0.15) is 33.6 Å². The maximum absolute atomic E-state index is 10.2. The average molecular weight is 320 g/mol. The average Bonchev–Trinajstić information content (AvgIpc) is 2.53. The number of nitrogens with zero attached hydrogens (tertiary/aromatic N) is 2. The zero-order valence-electron chi connectivity index (χ0n) is 15.0. The summed E-state index contributed by atoms with van der Waals surface area (Å²) in [6, 6.07) is 11.1. The summed E-state index contributed by atoms with van der Waals surface area (Å²) in [6.45, 7) is 9.23. The molecule has 1 aromatic rings. The summed E-state index contributed by atoms with van der Waals surface area (Å²) in [5, 5.41) is 10.2. The maximum atomic E-state index is 10.2.